The molecule has 3 N–H and O–H groups in total. The van der Waals surface area contributed by atoms with Gasteiger partial charge in [-0.15, -0.1) is 0 Å². The lowest BCUT2D eigenvalue weighted by atomic mass is 9.77. The zero-order valence-electron chi connectivity index (χ0n) is 10.2. The molecule has 1 unspecified atom stereocenters. The van der Waals surface area contributed by atoms with Crippen molar-refractivity contribution in [3.8, 4) is 0 Å². The number of benzene rings is 1. The van der Waals surface area contributed by atoms with E-state index >= 15 is 0 Å². The molecule has 1 aliphatic rings. The fraction of sp³-hybridized carbons (Fsp3) is 0.500. The van der Waals surface area contributed by atoms with Crippen molar-refractivity contribution in [2.24, 2.45) is 17.6 Å². The molecule has 0 aliphatic heterocycles. The van der Waals surface area contributed by atoms with Crippen LogP contribution in [0, 0.1) is 11.8 Å². The smallest absolute Gasteiger partial charge is 0.306 e. The molecule has 4 heteroatoms. The Bertz CT molecular complexity index is 428. The third kappa shape index (κ3) is 3.12. The van der Waals surface area contributed by atoms with Gasteiger partial charge in [0, 0.05) is 10.5 Å². The number of aliphatic carboxylic acids is 1. The summed E-state index contributed by atoms with van der Waals surface area (Å²) in [7, 11) is 0. The summed E-state index contributed by atoms with van der Waals surface area (Å²) in [4.78, 5) is 10.9. The Hall–Kier alpha value is -0.870. The zero-order chi connectivity index (χ0) is 13.1. The summed E-state index contributed by atoms with van der Waals surface area (Å²) in [5.41, 5.74) is 7.42. The molecule has 98 valence electrons. The van der Waals surface area contributed by atoms with Crippen molar-refractivity contribution in [2.45, 2.75) is 31.7 Å². The lowest BCUT2D eigenvalue weighted by Gasteiger charge is -2.30. The Morgan fingerprint density at radius 3 is 2.56 bits per heavy atom. The first-order chi connectivity index (χ1) is 8.58. The van der Waals surface area contributed by atoms with E-state index < -0.39 is 5.97 Å². The average molecular weight is 312 g/mol. The molecule has 0 heterocycles. The summed E-state index contributed by atoms with van der Waals surface area (Å²) in [6, 6.07) is 8.07. The maximum atomic E-state index is 10.9. The molecule has 0 spiro atoms. The van der Waals surface area contributed by atoms with Gasteiger partial charge in [0.05, 0.1) is 5.92 Å². The highest BCUT2D eigenvalue weighted by molar-refractivity contribution is 9.10. The van der Waals surface area contributed by atoms with Crippen molar-refractivity contribution in [3.05, 3.63) is 34.3 Å². The van der Waals surface area contributed by atoms with E-state index in [2.05, 4.69) is 15.9 Å². The van der Waals surface area contributed by atoms with Crippen LogP contribution in [-0.4, -0.2) is 11.1 Å². The molecular weight excluding hydrogens is 294 g/mol. The van der Waals surface area contributed by atoms with Crippen molar-refractivity contribution in [1.29, 1.82) is 0 Å². The van der Waals surface area contributed by atoms with Crippen molar-refractivity contribution >= 4 is 21.9 Å². The highest BCUT2D eigenvalue weighted by atomic mass is 79.9. The SMILES string of the molecule is NC(c1cccc(Br)c1)C1CCC(C(=O)O)CC1. The fourth-order valence-corrected chi connectivity index (χ4v) is 3.13. The molecule has 0 aromatic heterocycles. The molecular formula is C14H18BrNO2. The van der Waals surface area contributed by atoms with Crippen molar-refractivity contribution in [2.75, 3.05) is 0 Å². The molecule has 3 nitrogen and oxygen atoms in total. The summed E-state index contributed by atoms with van der Waals surface area (Å²) in [5, 5.41) is 8.98. The number of carbonyl (C=O) groups is 1. The monoisotopic (exact) mass is 311 g/mol. The summed E-state index contributed by atoms with van der Waals surface area (Å²) in [5.74, 6) is -0.435. The second-order valence-electron chi connectivity index (χ2n) is 5.03. The molecule has 1 atom stereocenters. The number of carboxylic acids is 1. The van der Waals surface area contributed by atoms with Crippen LogP contribution in [0.2, 0.25) is 0 Å². The van der Waals surface area contributed by atoms with Crippen molar-refractivity contribution in [1.82, 2.24) is 0 Å². The van der Waals surface area contributed by atoms with Crippen LogP contribution >= 0.6 is 15.9 Å². The zero-order valence-corrected chi connectivity index (χ0v) is 11.8. The van der Waals surface area contributed by atoms with E-state index in [1.165, 1.54) is 0 Å². The van der Waals surface area contributed by atoms with Crippen LogP contribution in [0.4, 0.5) is 0 Å². The minimum absolute atomic E-state index is 0.0113. The van der Waals surface area contributed by atoms with Crippen LogP contribution in [0.1, 0.15) is 37.3 Å². The van der Waals surface area contributed by atoms with E-state index in [-0.39, 0.29) is 12.0 Å². The van der Waals surface area contributed by atoms with Gasteiger partial charge in [-0.1, -0.05) is 28.1 Å². The van der Waals surface area contributed by atoms with Gasteiger partial charge in [0.25, 0.3) is 0 Å². The standard InChI is InChI=1S/C14H18BrNO2/c15-12-3-1-2-11(8-12)13(16)9-4-6-10(7-5-9)14(17)18/h1-3,8-10,13H,4-7,16H2,(H,17,18). The Morgan fingerprint density at radius 2 is 2.00 bits per heavy atom. The number of hydrogen-bond acceptors (Lipinski definition) is 2. The van der Waals surface area contributed by atoms with Gasteiger partial charge in [0.15, 0.2) is 0 Å². The predicted molar refractivity (Wildman–Crippen MR) is 74.2 cm³/mol. The van der Waals surface area contributed by atoms with Gasteiger partial charge in [0.1, 0.15) is 0 Å². The molecule has 1 aromatic rings. The molecule has 0 saturated heterocycles. The van der Waals surface area contributed by atoms with Gasteiger partial charge >= 0.3 is 5.97 Å². The van der Waals surface area contributed by atoms with Gasteiger partial charge in [-0.05, 0) is 49.3 Å². The first-order valence-electron chi connectivity index (χ1n) is 6.32. The molecule has 0 bridgehead atoms. The Balaban J connectivity index is 1.99. The third-order valence-corrected chi connectivity index (χ3v) is 4.36. The summed E-state index contributed by atoms with van der Waals surface area (Å²) in [6.07, 6.45) is 3.32. The third-order valence-electron chi connectivity index (χ3n) is 3.86. The molecule has 1 fully saturated rings. The maximum absolute atomic E-state index is 10.9. The highest BCUT2D eigenvalue weighted by Gasteiger charge is 2.29. The minimum atomic E-state index is -0.663. The molecule has 1 aromatic carbocycles. The normalized spacial score (nSPS) is 25.7. The molecule has 18 heavy (non-hydrogen) atoms. The topological polar surface area (TPSA) is 63.3 Å². The van der Waals surface area contributed by atoms with Crippen molar-refractivity contribution < 1.29 is 9.90 Å². The second-order valence-corrected chi connectivity index (χ2v) is 5.95. The Labute approximate surface area is 116 Å². The molecule has 0 amide bonds. The van der Waals surface area contributed by atoms with E-state index in [4.69, 9.17) is 10.8 Å². The van der Waals surface area contributed by atoms with Crippen LogP contribution in [0.25, 0.3) is 0 Å². The molecule has 0 radical (unpaired) electrons. The first kappa shape index (κ1) is 13.6. The fourth-order valence-electron chi connectivity index (χ4n) is 2.71. The highest BCUT2D eigenvalue weighted by Crippen LogP contribution is 2.36. The number of halogens is 1. The summed E-state index contributed by atoms with van der Waals surface area (Å²) < 4.78 is 1.04. The number of hydrogen-bond donors (Lipinski definition) is 2. The van der Waals surface area contributed by atoms with Crippen LogP contribution in [-0.2, 0) is 4.79 Å². The summed E-state index contributed by atoms with van der Waals surface area (Å²) >= 11 is 3.45. The maximum Gasteiger partial charge on any atom is 0.306 e. The lowest BCUT2D eigenvalue weighted by molar-refractivity contribution is -0.143. The quantitative estimate of drug-likeness (QED) is 0.900. The van der Waals surface area contributed by atoms with Gasteiger partial charge in [-0.25, -0.2) is 0 Å². The first-order valence-corrected chi connectivity index (χ1v) is 7.11. The van der Waals surface area contributed by atoms with Crippen LogP contribution in [0.5, 0.6) is 0 Å². The lowest BCUT2D eigenvalue weighted by Crippen LogP contribution is -2.28. The van der Waals surface area contributed by atoms with E-state index in [1.54, 1.807) is 0 Å². The number of carboxylic acid groups (broad SMARTS) is 1. The van der Waals surface area contributed by atoms with Gasteiger partial charge in [-0.2, -0.15) is 0 Å². The minimum Gasteiger partial charge on any atom is -0.481 e. The van der Waals surface area contributed by atoms with Gasteiger partial charge in [0.2, 0.25) is 0 Å². The average Bonchev–Trinajstić information content (AvgIpc) is 2.38. The predicted octanol–water partition coefficient (Wildman–Crippen LogP) is 3.34. The molecule has 1 aliphatic carbocycles. The van der Waals surface area contributed by atoms with Crippen LogP contribution in [0.15, 0.2) is 28.7 Å². The van der Waals surface area contributed by atoms with Crippen LogP contribution < -0.4 is 5.73 Å². The molecule has 1 saturated carbocycles. The van der Waals surface area contributed by atoms with Gasteiger partial charge in [-0.3, -0.25) is 4.79 Å². The van der Waals surface area contributed by atoms with E-state index in [9.17, 15) is 4.79 Å². The number of nitrogens with two attached hydrogens (primary N) is 1. The second kappa shape index (κ2) is 5.85. The Morgan fingerprint density at radius 1 is 1.33 bits per heavy atom. The van der Waals surface area contributed by atoms with E-state index in [1.807, 2.05) is 24.3 Å². The van der Waals surface area contributed by atoms with Crippen molar-refractivity contribution in [3.63, 3.8) is 0 Å². The van der Waals surface area contributed by atoms with Crippen LogP contribution in [0.3, 0.4) is 0 Å². The van der Waals surface area contributed by atoms with E-state index in [0.29, 0.717) is 5.92 Å². The van der Waals surface area contributed by atoms with Gasteiger partial charge < -0.3 is 10.8 Å². The Kier molecular flexibility index (Phi) is 4.40. The summed E-state index contributed by atoms with van der Waals surface area (Å²) in [6.45, 7) is 0. The molecule has 2 rings (SSSR count). The largest absolute Gasteiger partial charge is 0.481 e. The van der Waals surface area contributed by atoms with E-state index in [0.717, 1.165) is 35.7 Å². The number of rotatable bonds is 3.